The molecule has 2 unspecified atom stereocenters. The largest absolute Gasteiger partial charge is 0.395 e. The molecule has 2 N–H and O–H groups in total. The lowest BCUT2D eigenvalue weighted by Gasteiger charge is -2.29. The van der Waals surface area contributed by atoms with Crippen molar-refractivity contribution in [2.45, 2.75) is 31.7 Å². The Morgan fingerprint density at radius 1 is 1.22 bits per heavy atom. The van der Waals surface area contributed by atoms with Gasteiger partial charge in [-0.15, -0.1) is 0 Å². The Kier molecular flexibility index (Phi) is 5.43. The summed E-state index contributed by atoms with van der Waals surface area (Å²) >= 11 is 0. The Morgan fingerprint density at radius 2 is 2.06 bits per heavy atom. The summed E-state index contributed by atoms with van der Waals surface area (Å²) in [5, 5.41) is 12.5. The minimum Gasteiger partial charge on any atom is -0.395 e. The van der Waals surface area contributed by atoms with Crippen LogP contribution < -0.4 is 5.32 Å². The molecule has 0 amide bonds. The number of nitrogens with one attached hydrogen (secondary N) is 1. The number of allylic oxidation sites excluding steroid dienone is 2. The topological polar surface area (TPSA) is 32.3 Å². The van der Waals surface area contributed by atoms with Crippen molar-refractivity contribution in [1.82, 2.24) is 5.32 Å². The van der Waals surface area contributed by atoms with E-state index in [0.29, 0.717) is 18.5 Å². The molecule has 1 aromatic rings. The maximum absolute atomic E-state index is 9.00. The summed E-state index contributed by atoms with van der Waals surface area (Å²) in [5.74, 6) is 0.696. The number of benzene rings is 1. The highest BCUT2D eigenvalue weighted by Gasteiger charge is 2.21. The molecule has 0 spiro atoms. The van der Waals surface area contributed by atoms with E-state index in [1.54, 1.807) is 0 Å². The first-order chi connectivity index (χ1) is 8.90. The quantitative estimate of drug-likeness (QED) is 0.755. The molecule has 0 heterocycles. The Bertz CT molecular complexity index is 361. The van der Waals surface area contributed by atoms with Crippen molar-refractivity contribution < 1.29 is 5.11 Å². The van der Waals surface area contributed by atoms with Crippen LogP contribution in [-0.4, -0.2) is 24.3 Å². The number of hydrogen-bond donors (Lipinski definition) is 2. The van der Waals surface area contributed by atoms with Crippen molar-refractivity contribution in [3.05, 3.63) is 48.0 Å². The molecule has 2 atom stereocenters. The molecule has 0 radical (unpaired) electrons. The molecule has 0 aliphatic heterocycles. The van der Waals surface area contributed by atoms with Crippen LogP contribution in [0.25, 0.3) is 0 Å². The highest BCUT2D eigenvalue weighted by atomic mass is 16.3. The van der Waals surface area contributed by atoms with Gasteiger partial charge in [0.1, 0.15) is 0 Å². The van der Waals surface area contributed by atoms with Gasteiger partial charge < -0.3 is 10.4 Å². The summed E-state index contributed by atoms with van der Waals surface area (Å²) in [6.45, 7) is 0.908. The van der Waals surface area contributed by atoms with Gasteiger partial charge >= 0.3 is 0 Å². The predicted octanol–water partition coefficient (Wildman–Crippen LogP) is 2.54. The van der Waals surface area contributed by atoms with E-state index in [1.807, 2.05) is 0 Å². The predicted molar refractivity (Wildman–Crippen MR) is 75.5 cm³/mol. The van der Waals surface area contributed by atoms with Gasteiger partial charge in [0, 0.05) is 12.6 Å². The van der Waals surface area contributed by atoms with Crippen LogP contribution in [-0.2, 0) is 6.42 Å². The zero-order valence-electron chi connectivity index (χ0n) is 10.9. The van der Waals surface area contributed by atoms with E-state index in [-0.39, 0.29) is 6.61 Å². The van der Waals surface area contributed by atoms with Crippen molar-refractivity contribution in [3.8, 4) is 0 Å². The molecular weight excluding hydrogens is 222 g/mol. The zero-order valence-corrected chi connectivity index (χ0v) is 10.9. The molecule has 1 aliphatic rings. The van der Waals surface area contributed by atoms with E-state index in [9.17, 15) is 0 Å². The van der Waals surface area contributed by atoms with Crippen LogP contribution in [0.15, 0.2) is 42.5 Å². The number of hydrogen-bond acceptors (Lipinski definition) is 2. The van der Waals surface area contributed by atoms with Crippen molar-refractivity contribution in [2.75, 3.05) is 13.2 Å². The fourth-order valence-electron chi connectivity index (χ4n) is 2.71. The van der Waals surface area contributed by atoms with E-state index >= 15 is 0 Å². The smallest absolute Gasteiger partial charge is 0.0556 e. The van der Waals surface area contributed by atoms with Gasteiger partial charge in [0.05, 0.1) is 6.61 Å². The van der Waals surface area contributed by atoms with Gasteiger partial charge in [0.2, 0.25) is 0 Å². The Hall–Kier alpha value is -1.12. The number of aliphatic hydroxyl groups is 1. The summed E-state index contributed by atoms with van der Waals surface area (Å²) in [5.41, 5.74) is 1.38. The average Bonchev–Trinajstić information content (AvgIpc) is 2.45. The third kappa shape index (κ3) is 3.97. The van der Waals surface area contributed by atoms with E-state index in [4.69, 9.17) is 5.11 Å². The molecule has 0 bridgehead atoms. The van der Waals surface area contributed by atoms with Crippen LogP contribution in [0.1, 0.15) is 24.8 Å². The minimum atomic E-state index is 0.216. The van der Waals surface area contributed by atoms with Crippen LogP contribution >= 0.6 is 0 Å². The number of rotatable bonds is 6. The van der Waals surface area contributed by atoms with Crippen LogP contribution in [0.5, 0.6) is 0 Å². The van der Waals surface area contributed by atoms with Gasteiger partial charge in [-0.3, -0.25) is 0 Å². The molecule has 0 fully saturated rings. The summed E-state index contributed by atoms with van der Waals surface area (Å²) in [7, 11) is 0. The monoisotopic (exact) mass is 245 g/mol. The molecule has 1 aromatic carbocycles. The van der Waals surface area contributed by atoms with E-state index in [1.165, 1.54) is 18.4 Å². The molecular formula is C16H23NO. The van der Waals surface area contributed by atoms with Crippen LogP contribution in [0.2, 0.25) is 0 Å². The summed E-state index contributed by atoms with van der Waals surface area (Å²) in [4.78, 5) is 0. The summed E-state index contributed by atoms with van der Waals surface area (Å²) < 4.78 is 0. The maximum Gasteiger partial charge on any atom is 0.0556 e. The second-order valence-electron chi connectivity index (χ2n) is 5.02. The summed E-state index contributed by atoms with van der Waals surface area (Å²) in [6, 6.07) is 11.1. The minimum absolute atomic E-state index is 0.216. The Morgan fingerprint density at radius 3 is 2.72 bits per heavy atom. The van der Waals surface area contributed by atoms with E-state index in [0.717, 1.165) is 12.8 Å². The fourth-order valence-corrected chi connectivity index (χ4v) is 2.71. The second-order valence-corrected chi connectivity index (χ2v) is 5.02. The standard InChI is InChI=1S/C16H23NO/c18-12-11-17-16(15-9-5-2-6-10-15)13-14-7-3-1-4-8-14/h1-5,7-8,15-18H,6,9-13H2. The molecule has 18 heavy (non-hydrogen) atoms. The first kappa shape index (κ1) is 13.3. The van der Waals surface area contributed by atoms with Gasteiger partial charge in [-0.2, -0.15) is 0 Å². The first-order valence-corrected chi connectivity index (χ1v) is 6.93. The van der Waals surface area contributed by atoms with Gasteiger partial charge in [0.25, 0.3) is 0 Å². The van der Waals surface area contributed by atoms with Crippen LogP contribution in [0.3, 0.4) is 0 Å². The molecule has 0 saturated carbocycles. The lowest BCUT2D eigenvalue weighted by molar-refractivity contribution is 0.260. The van der Waals surface area contributed by atoms with Crippen LogP contribution in [0, 0.1) is 5.92 Å². The lowest BCUT2D eigenvalue weighted by Crippen LogP contribution is -2.40. The third-order valence-corrected chi connectivity index (χ3v) is 3.70. The molecule has 2 nitrogen and oxygen atoms in total. The average molecular weight is 245 g/mol. The van der Waals surface area contributed by atoms with Gasteiger partial charge in [-0.1, -0.05) is 42.5 Å². The van der Waals surface area contributed by atoms with Crippen molar-refractivity contribution >= 4 is 0 Å². The highest BCUT2D eigenvalue weighted by molar-refractivity contribution is 5.16. The molecule has 98 valence electrons. The zero-order chi connectivity index (χ0) is 12.6. The molecule has 2 rings (SSSR count). The number of aliphatic hydroxyl groups excluding tert-OH is 1. The molecule has 2 heteroatoms. The van der Waals surface area contributed by atoms with E-state index < -0.39 is 0 Å². The first-order valence-electron chi connectivity index (χ1n) is 6.93. The SMILES string of the molecule is OCCNC(Cc1ccccc1)C1CC=CCC1. The normalized spacial score (nSPS) is 20.8. The Labute approximate surface area is 110 Å². The van der Waals surface area contributed by atoms with Gasteiger partial charge in [-0.25, -0.2) is 0 Å². The fraction of sp³-hybridized carbons (Fsp3) is 0.500. The summed E-state index contributed by atoms with van der Waals surface area (Å²) in [6.07, 6.45) is 9.24. The lowest BCUT2D eigenvalue weighted by atomic mass is 9.84. The van der Waals surface area contributed by atoms with E-state index in [2.05, 4.69) is 47.8 Å². The van der Waals surface area contributed by atoms with Crippen molar-refractivity contribution in [3.63, 3.8) is 0 Å². The third-order valence-electron chi connectivity index (χ3n) is 3.70. The molecule has 1 aliphatic carbocycles. The highest BCUT2D eigenvalue weighted by Crippen LogP contribution is 2.24. The van der Waals surface area contributed by atoms with Crippen molar-refractivity contribution in [2.24, 2.45) is 5.92 Å². The van der Waals surface area contributed by atoms with Crippen molar-refractivity contribution in [1.29, 1.82) is 0 Å². The van der Waals surface area contributed by atoms with Crippen LogP contribution in [0.4, 0.5) is 0 Å². The second kappa shape index (κ2) is 7.34. The van der Waals surface area contributed by atoms with Gasteiger partial charge in [-0.05, 0) is 37.2 Å². The maximum atomic E-state index is 9.00. The molecule has 0 saturated heterocycles. The van der Waals surface area contributed by atoms with Gasteiger partial charge in [0.15, 0.2) is 0 Å². The molecule has 0 aromatic heterocycles. The Balaban J connectivity index is 1.97.